The lowest BCUT2D eigenvalue weighted by Gasteiger charge is -2.22. The van der Waals surface area contributed by atoms with Gasteiger partial charge in [-0.1, -0.05) is 5.21 Å². The van der Waals surface area contributed by atoms with Gasteiger partial charge in [-0.3, -0.25) is 0 Å². The van der Waals surface area contributed by atoms with Gasteiger partial charge in [-0.05, 0) is 66.8 Å². The number of nitrogens with zero attached hydrogens (tertiary/aromatic N) is 4. The quantitative estimate of drug-likeness (QED) is 0.416. The van der Waals surface area contributed by atoms with Crippen LogP contribution in [0.3, 0.4) is 0 Å². The van der Waals surface area contributed by atoms with Crippen LogP contribution in [0.25, 0.3) is 22.2 Å². The minimum atomic E-state index is -0.904. The minimum Gasteiger partial charge on any atom is -0.478 e. The summed E-state index contributed by atoms with van der Waals surface area (Å²) in [7, 11) is 0. The first kappa shape index (κ1) is 20.8. The van der Waals surface area contributed by atoms with Crippen molar-refractivity contribution in [2.24, 2.45) is 5.92 Å². The van der Waals surface area contributed by atoms with Crippen LogP contribution in [0.2, 0.25) is 0 Å². The summed E-state index contributed by atoms with van der Waals surface area (Å²) in [5.41, 5.74) is 4.91. The Morgan fingerprint density at radius 1 is 1.25 bits per heavy atom. The van der Waals surface area contributed by atoms with E-state index in [1.54, 1.807) is 17.4 Å². The summed E-state index contributed by atoms with van der Waals surface area (Å²) >= 11 is 1.67. The van der Waals surface area contributed by atoms with E-state index in [0.717, 1.165) is 55.4 Å². The Morgan fingerprint density at radius 3 is 2.84 bits per heavy atom. The molecular weight excluding hydrogens is 426 g/mol. The molecular formula is C23H25N5O3S. The predicted octanol–water partition coefficient (Wildman–Crippen LogP) is 4.18. The van der Waals surface area contributed by atoms with Crippen LogP contribution < -0.4 is 0 Å². The van der Waals surface area contributed by atoms with E-state index in [-0.39, 0.29) is 0 Å². The second kappa shape index (κ2) is 9.22. The topological polar surface area (TPSA) is 106 Å². The molecule has 4 heterocycles. The summed E-state index contributed by atoms with van der Waals surface area (Å²) in [4.78, 5) is 11.7. The molecule has 1 aliphatic rings. The first-order chi connectivity index (χ1) is 15.7. The molecule has 0 aliphatic carbocycles. The number of nitrogens with one attached hydrogen (secondary N) is 1. The number of aromatic amines is 1. The van der Waals surface area contributed by atoms with Gasteiger partial charge in [-0.15, -0.1) is 10.2 Å². The highest BCUT2D eigenvalue weighted by Gasteiger charge is 2.22. The SMILES string of the molecule is O=C(O)c1ccc2c(c1)c(CCC1CCOCC1)c(-c1ccsc1)n2CCc1nn[nH]n1. The molecule has 3 aromatic heterocycles. The van der Waals surface area contributed by atoms with Crippen LogP contribution in [0.4, 0.5) is 0 Å². The van der Waals surface area contributed by atoms with E-state index >= 15 is 0 Å². The third-order valence-corrected chi connectivity index (χ3v) is 6.98. The van der Waals surface area contributed by atoms with Crippen LogP contribution in [0, 0.1) is 5.92 Å². The van der Waals surface area contributed by atoms with Crippen LogP contribution in [0.15, 0.2) is 35.0 Å². The zero-order valence-electron chi connectivity index (χ0n) is 17.7. The third kappa shape index (κ3) is 4.18. The van der Waals surface area contributed by atoms with Crippen LogP contribution in [-0.2, 0) is 24.1 Å². The number of hydrogen-bond donors (Lipinski definition) is 2. The second-order valence-corrected chi connectivity index (χ2v) is 8.98. The number of ether oxygens (including phenoxy) is 1. The van der Waals surface area contributed by atoms with Gasteiger partial charge >= 0.3 is 5.97 Å². The summed E-state index contributed by atoms with van der Waals surface area (Å²) in [6.07, 6.45) is 4.79. The largest absolute Gasteiger partial charge is 0.478 e. The average Bonchev–Trinajstić information content (AvgIpc) is 3.57. The van der Waals surface area contributed by atoms with Gasteiger partial charge in [0, 0.05) is 48.0 Å². The van der Waals surface area contributed by atoms with Crippen molar-refractivity contribution in [3.8, 4) is 11.3 Å². The Morgan fingerprint density at radius 2 is 2.12 bits per heavy atom. The number of fused-ring (bicyclic) bond motifs is 1. The standard InChI is InChI=1S/C23H25N5O3S/c29-23(30)16-2-4-20-19(13-16)18(3-1-15-6-10-31-11-7-15)22(17-8-12-32-14-17)28(20)9-5-21-24-26-27-25-21/h2,4,8,12-15H,1,3,5-7,9-11H2,(H,29,30)(H,24,25,26,27). The summed E-state index contributed by atoms with van der Waals surface area (Å²) < 4.78 is 7.82. The molecule has 1 aromatic carbocycles. The summed E-state index contributed by atoms with van der Waals surface area (Å²) in [5.74, 6) is 0.396. The van der Waals surface area contributed by atoms with Crippen molar-refractivity contribution in [3.63, 3.8) is 0 Å². The van der Waals surface area contributed by atoms with E-state index < -0.39 is 5.97 Å². The molecule has 0 bridgehead atoms. The Labute approximate surface area is 189 Å². The number of carboxylic acid groups (broad SMARTS) is 1. The fourth-order valence-electron chi connectivity index (χ4n) is 4.66. The maximum atomic E-state index is 11.7. The molecule has 0 amide bonds. The van der Waals surface area contributed by atoms with Gasteiger partial charge < -0.3 is 14.4 Å². The monoisotopic (exact) mass is 451 g/mol. The highest BCUT2D eigenvalue weighted by Crippen LogP contribution is 2.37. The van der Waals surface area contributed by atoms with Gasteiger partial charge in [0.15, 0.2) is 5.82 Å². The predicted molar refractivity (Wildman–Crippen MR) is 122 cm³/mol. The molecule has 8 nitrogen and oxygen atoms in total. The van der Waals surface area contributed by atoms with Gasteiger partial charge in [-0.2, -0.15) is 16.6 Å². The third-order valence-electron chi connectivity index (χ3n) is 6.30. The number of hydrogen-bond acceptors (Lipinski definition) is 6. The van der Waals surface area contributed by atoms with Crippen molar-refractivity contribution >= 4 is 28.2 Å². The van der Waals surface area contributed by atoms with E-state index in [9.17, 15) is 9.90 Å². The number of benzene rings is 1. The van der Waals surface area contributed by atoms with Crippen molar-refractivity contribution in [2.75, 3.05) is 13.2 Å². The smallest absolute Gasteiger partial charge is 0.335 e. The minimum absolute atomic E-state index is 0.317. The number of aromatic carboxylic acids is 1. The fourth-order valence-corrected chi connectivity index (χ4v) is 5.30. The van der Waals surface area contributed by atoms with Crippen molar-refractivity contribution in [1.29, 1.82) is 0 Å². The van der Waals surface area contributed by atoms with E-state index in [1.165, 1.54) is 11.3 Å². The number of aromatic nitrogens is 5. The number of rotatable bonds is 8. The van der Waals surface area contributed by atoms with E-state index in [4.69, 9.17) is 4.74 Å². The molecule has 32 heavy (non-hydrogen) atoms. The normalized spacial score (nSPS) is 14.9. The fraction of sp³-hybridized carbons (Fsp3) is 0.391. The van der Waals surface area contributed by atoms with E-state index in [2.05, 4.69) is 42.0 Å². The molecule has 1 aliphatic heterocycles. The lowest BCUT2D eigenvalue weighted by atomic mass is 9.91. The zero-order valence-corrected chi connectivity index (χ0v) is 18.5. The number of H-pyrrole nitrogens is 1. The van der Waals surface area contributed by atoms with E-state index in [0.29, 0.717) is 30.3 Å². The molecule has 4 aromatic rings. The van der Waals surface area contributed by atoms with Crippen LogP contribution in [0.5, 0.6) is 0 Å². The Hall–Kier alpha value is -3.04. The maximum absolute atomic E-state index is 11.7. The Kier molecular flexibility index (Phi) is 6.00. The number of thiophene rings is 1. The highest BCUT2D eigenvalue weighted by atomic mass is 32.1. The Balaban J connectivity index is 1.60. The van der Waals surface area contributed by atoms with E-state index in [1.807, 2.05) is 12.1 Å². The summed E-state index contributed by atoms with van der Waals surface area (Å²) in [5, 5.41) is 29.3. The van der Waals surface area contributed by atoms with Gasteiger partial charge in [-0.25, -0.2) is 4.79 Å². The lowest BCUT2D eigenvalue weighted by Crippen LogP contribution is -2.16. The molecule has 0 atom stereocenters. The molecule has 0 saturated carbocycles. The van der Waals surface area contributed by atoms with Crippen LogP contribution in [-0.4, -0.2) is 49.5 Å². The first-order valence-corrected chi connectivity index (χ1v) is 11.9. The molecule has 1 fully saturated rings. The lowest BCUT2D eigenvalue weighted by molar-refractivity contribution is 0.0640. The average molecular weight is 452 g/mol. The van der Waals surface area contributed by atoms with Gasteiger partial charge in [0.25, 0.3) is 0 Å². The van der Waals surface area contributed by atoms with Crippen molar-refractivity contribution in [3.05, 3.63) is 52.0 Å². The molecule has 2 N–H and O–H groups in total. The number of tetrazole rings is 1. The van der Waals surface area contributed by atoms with Gasteiger partial charge in [0.1, 0.15) is 0 Å². The molecule has 1 saturated heterocycles. The van der Waals surface area contributed by atoms with Gasteiger partial charge in [0.2, 0.25) is 0 Å². The summed E-state index contributed by atoms with van der Waals surface area (Å²) in [6, 6.07) is 7.59. The number of carbonyl (C=O) groups is 1. The second-order valence-electron chi connectivity index (χ2n) is 8.20. The zero-order chi connectivity index (χ0) is 21.9. The number of carboxylic acids is 1. The van der Waals surface area contributed by atoms with Crippen LogP contribution >= 0.6 is 11.3 Å². The first-order valence-electron chi connectivity index (χ1n) is 10.9. The molecule has 9 heteroatoms. The van der Waals surface area contributed by atoms with Crippen molar-refractivity contribution in [1.82, 2.24) is 25.2 Å². The molecule has 166 valence electrons. The molecule has 5 rings (SSSR count). The molecule has 0 unspecified atom stereocenters. The molecule has 0 radical (unpaired) electrons. The molecule has 0 spiro atoms. The Bertz CT molecular complexity index is 1190. The maximum Gasteiger partial charge on any atom is 0.335 e. The highest BCUT2D eigenvalue weighted by molar-refractivity contribution is 7.08. The van der Waals surface area contributed by atoms with Crippen molar-refractivity contribution in [2.45, 2.75) is 38.6 Å². The summed E-state index contributed by atoms with van der Waals surface area (Å²) in [6.45, 7) is 2.35. The van der Waals surface area contributed by atoms with Crippen LogP contribution in [0.1, 0.15) is 41.0 Å². The van der Waals surface area contributed by atoms with Crippen molar-refractivity contribution < 1.29 is 14.6 Å². The number of aryl methyl sites for hydroxylation is 3. The van der Waals surface area contributed by atoms with Gasteiger partial charge in [0.05, 0.1) is 11.3 Å².